The first-order valence-electron chi connectivity index (χ1n) is 20.2. The van der Waals surface area contributed by atoms with Crippen LogP contribution in [-0.4, -0.2) is 59.9 Å². The van der Waals surface area contributed by atoms with E-state index in [4.69, 9.17) is 11.6 Å². The fourth-order valence-electron chi connectivity index (χ4n) is 9.29. The molecule has 0 aromatic heterocycles. The molecule has 2 nitrogen and oxygen atoms in total. The van der Waals surface area contributed by atoms with Crippen LogP contribution in [0.4, 0.5) is 89.8 Å². The molecule has 1 aliphatic carbocycles. The normalized spacial score (nSPS) is 20.6. The van der Waals surface area contributed by atoms with Gasteiger partial charge in [-0.1, -0.05) is 92.2 Å². The molecule has 0 saturated heterocycles. The first kappa shape index (κ1) is 52.7. The summed E-state index contributed by atoms with van der Waals surface area (Å²) in [7, 11) is 4.38. The van der Waals surface area contributed by atoms with Gasteiger partial charge < -0.3 is 4.90 Å². The Morgan fingerprint density at radius 1 is 0.588 bits per heavy atom. The van der Waals surface area contributed by atoms with E-state index in [1.807, 2.05) is 0 Å². The zero-order valence-corrected chi connectivity index (χ0v) is 38.0. The molecule has 4 aromatic rings. The van der Waals surface area contributed by atoms with Crippen LogP contribution in [0.2, 0.25) is 0 Å². The van der Waals surface area contributed by atoms with E-state index in [0.29, 0.717) is 0 Å². The van der Waals surface area contributed by atoms with Gasteiger partial charge in [0.15, 0.2) is 5.71 Å². The van der Waals surface area contributed by atoms with E-state index in [0.717, 1.165) is 24.3 Å². The van der Waals surface area contributed by atoms with Gasteiger partial charge in [0.25, 0.3) is 0 Å². The van der Waals surface area contributed by atoms with Gasteiger partial charge in [-0.25, -0.2) is 0 Å². The summed E-state index contributed by atoms with van der Waals surface area (Å²) in [6, 6.07) is 26.5. The summed E-state index contributed by atoms with van der Waals surface area (Å²) in [5.41, 5.74) is -19.0. The summed E-state index contributed by atoms with van der Waals surface area (Å²) in [5, 5.41) is 6.17. The van der Waals surface area contributed by atoms with Crippen LogP contribution in [0, 0.1) is 0 Å². The van der Waals surface area contributed by atoms with Crippen molar-refractivity contribution in [1.29, 1.82) is 0 Å². The van der Waals surface area contributed by atoms with E-state index in [1.165, 1.54) is 66.6 Å². The number of anilines is 1. The number of alkyl halides is 15. The third kappa shape index (κ3) is 6.93. The fourth-order valence-corrected chi connectivity index (χ4v) is 12.3. The molecule has 0 atom stereocenters. The molecular formula is C46H40ClF18N2P. The van der Waals surface area contributed by atoms with Gasteiger partial charge in [-0.2, -0.15) is 4.58 Å². The van der Waals surface area contributed by atoms with Crippen molar-refractivity contribution < 1.29 is 83.0 Å². The molecule has 0 fully saturated rings. The van der Waals surface area contributed by atoms with Crippen molar-refractivity contribution in [3.63, 3.8) is 0 Å². The number of fused-ring (bicyclic) bond motifs is 6. The molecule has 7 rings (SSSR count). The first-order chi connectivity index (χ1) is 30.7. The Morgan fingerprint density at radius 2 is 1.04 bits per heavy atom. The van der Waals surface area contributed by atoms with Gasteiger partial charge in [0.05, 0.1) is 5.41 Å². The summed E-state index contributed by atoms with van der Waals surface area (Å²) in [4.78, 5) is 2.36. The SMILES string of the molecule is CN1/C(=C\C=C2\CCCC(/C=C\C3=[N+](C)c4ccc5ccccc5c4C3(C)C)=C2Cl)C(C)(C)c2c1ccc1ccccc21.FC(F)(F)C(F)(F)[P-](F)(F)(F)(C(F)(F)C(F)(F)F)C(F)(F)C(F)(F)F. The number of allylic oxidation sites excluding steroid dienone is 8. The Bertz CT molecular complexity index is 2810. The van der Waals surface area contributed by atoms with Crippen LogP contribution in [0.3, 0.4) is 0 Å². The third-order valence-corrected chi connectivity index (χ3v) is 17.8. The van der Waals surface area contributed by atoms with Crippen LogP contribution in [0.15, 0.2) is 119 Å². The fraction of sp³-hybridized carbons (Fsp3) is 0.370. The molecule has 0 unspecified atom stereocenters. The molecule has 2 heterocycles. The molecular weight excluding hydrogens is 989 g/mol. The van der Waals surface area contributed by atoms with Crippen molar-refractivity contribution in [3.8, 4) is 0 Å². The molecule has 3 aliphatic rings. The summed E-state index contributed by atoms with van der Waals surface area (Å²) < 4.78 is 225. The number of hydrogen-bond donors (Lipinski definition) is 0. The molecule has 2 aliphatic heterocycles. The summed E-state index contributed by atoms with van der Waals surface area (Å²) in [6.07, 6.45) is -13.8. The van der Waals surface area contributed by atoms with Gasteiger partial charge in [0.2, 0.25) is 5.69 Å². The average Bonchev–Trinajstić information content (AvgIpc) is 3.54. The van der Waals surface area contributed by atoms with Crippen molar-refractivity contribution in [2.75, 3.05) is 19.0 Å². The number of likely N-dealkylation sites (N-methyl/N-ethyl adjacent to an activating group) is 1. The van der Waals surface area contributed by atoms with Gasteiger partial charge >= 0.3 is 121 Å². The number of halogens is 19. The zero-order valence-electron chi connectivity index (χ0n) is 36.4. The number of rotatable bonds is 6. The van der Waals surface area contributed by atoms with Gasteiger partial charge in [-0.15, -0.1) is 0 Å². The topological polar surface area (TPSA) is 6.25 Å². The monoisotopic (exact) mass is 1030 g/mol. The van der Waals surface area contributed by atoms with E-state index in [-0.39, 0.29) is 10.8 Å². The zero-order chi connectivity index (χ0) is 51.5. The molecule has 0 radical (unpaired) electrons. The number of nitrogens with zero attached hydrogens (tertiary/aromatic N) is 2. The van der Waals surface area contributed by atoms with E-state index in [2.05, 4.69) is 148 Å². The maximum atomic E-state index is 13.4. The number of hydrogen-bond acceptors (Lipinski definition) is 1. The molecule has 0 N–H and O–H groups in total. The quantitative estimate of drug-likeness (QED) is 0.106. The Labute approximate surface area is 381 Å². The van der Waals surface area contributed by atoms with Crippen LogP contribution in [-0.2, 0) is 10.8 Å². The van der Waals surface area contributed by atoms with Crippen molar-refractivity contribution in [3.05, 3.63) is 130 Å². The molecule has 0 spiro atoms. The van der Waals surface area contributed by atoms with Gasteiger partial charge in [0, 0.05) is 46.6 Å². The van der Waals surface area contributed by atoms with Crippen LogP contribution in [0.25, 0.3) is 21.5 Å². The Kier molecular flexibility index (Phi) is 12.1. The van der Waals surface area contributed by atoms with Crippen molar-refractivity contribution in [1.82, 2.24) is 0 Å². The van der Waals surface area contributed by atoms with Crippen LogP contribution in [0.5, 0.6) is 0 Å². The summed E-state index contributed by atoms with van der Waals surface area (Å²) in [5.74, 6) is 0. The Hall–Kier alpha value is -4.71. The van der Waals surface area contributed by atoms with Crippen LogP contribution in [0.1, 0.15) is 58.1 Å². The second-order valence-corrected chi connectivity index (χ2v) is 22.4. The van der Waals surface area contributed by atoms with Crippen LogP contribution >= 0.6 is 18.5 Å². The average molecular weight is 1030 g/mol. The second-order valence-electron chi connectivity index (χ2n) is 17.8. The van der Waals surface area contributed by atoms with E-state index >= 15 is 0 Å². The molecule has 22 heteroatoms. The first-order valence-corrected chi connectivity index (χ1v) is 23.0. The van der Waals surface area contributed by atoms with Crippen molar-refractivity contribution in [2.24, 2.45) is 0 Å². The molecule has 4 aromatic carbocycles. The number of benzene rings is 4. The molecule has 0 bridgehead atoms. The second kappa shape index (κ2) is 15.6. The predicted octanol–water partition coefficient (Wildman–Crippen LogP) is 17.7. The van der Waals surface area contributed by atoms with E-state index in [1.54, 1.807) is 0 Å². The maximum absolute atomic E-state index is 15.0. The predicted molar refractivity (Wildman–Crippen MR) is 228 cm³/mol. The Balaban J connectivity index is 0.000000263. The van der Waals surface area contributed by atoms with E-state index in [9.17, 15) is 78.4 Å². The van der Waals surface area contributed by atoms with Crippen molar-refractivity contribution in [2.45, 2.75) is 93.3 Å². The van der Waals surface area contributed by atoms with Gasteiger partial charge in [-0.3, -0.25) is 0 Å². The summed E-state index contributed by atoms with van der Waals surface area (Å²) in [6.45, 7) is -5.63. The molecule has 0 saturated carbocycles. The minimum absolute atomic E-state index is 0.107. The van der Waals surface area contributed by atoms with Gasteiger partial charge in [0.1, 0.15) is 7.05 Å². The molecule has 372 valence electrons. The van der Waals surface area contributed by atoms with Gasteiger partial charge in [-0.05, 0) is 89.6 Å². The molecule has 68 heavy (non-hydrogen) atoms. The van der Waals surface area contributed by atoms with Crippen LogP contribution < -0.4 is 4.90 Å². The minimum atomic E-state index is -15.0. The standard InChI is InChI=1S/C40H40ClN2.C6F18P/c1-39(2)34(42(5)32-22-18-26-12-7-9-16-30(26)36(32)39)24-20-28-14-11-15-29(38(28)41)21-25-35-40(3,4)37-31-17-10-8-13-27(31)19-23-33(37)43(35)6;7-1(8,9)4(16,17)25(22,23,24,5(18,19)2(10,11)12)6(20,21)3(13,14)15/h7-10,12-13,16-25H,11,14-15H2,1-6H3;/q+1;-1. The van der Waals surface area contributed by atoms with E-state index < -0.39 is 42.4 Å². The molecule has 0 amide bonds. The third-order valence-electron chi connectivity index (χ3n) is 13.0. The van der Waals surface area contributed by atoms with Crippen molar-refractivity contribution >= 4 is 57.1 Å². The Morgan fingerprint density at radius 3 is 1.53 bits per heavy atom. The summed E-state index contributed by atoms with van der Waals surface area (Å²) >= 11 is 7.16.